The molecular formula is C13H22N2O2S. The maximum Gasteiger partial charge on any atom is 0.147 e. The number of rotatable bonds is 6. The van der Waals surface area contributed by atoms with Gasteiger partial charge in [-0.3, -0.25) is 11.3 Å². The van der Waals surface area contributed by atoms with Gasteiger partial charge in [0, 0.05) is 17.7 Å². The molecule has 0 saturated heterocycles. The number of benzene rings is 1. The smallest absolute Gasteiger partial charge is 0.147 e. The zero-order valence-electron chi connectivity index (χ0n) is 11.2. The van der Waals surface area contributed by atoms with Gasteiger partial charge in [-0.2, -0.15) is 0 Å². The molecule has 3 N–H and O–H groups in total. The lowest BCUT2D eigenvalue weighted by atomic mass is 9.77. The summed E-state index contributed by atoms with van der Waals surface area (Å²) in [4.78, 5) is 0. The summed E-state index contributed by atoms with van der Waals surface area (Å²) in [6.07, 6.45) is 1.74. The summed E-state index contributed by atoms with van der Waals surface area (Å²) < 4.78 is 22.5. The van der Waals surface area contributed by atoms with Crippen LogP contribution in [0.3, 0.4) is 0 Å². The van der Waals surface area contributed by atoms with Crippen molar-refractivity contribution in [2.24, 2.45) is 5.84 Å². The Balaban J connectivity index is 2.87. The second-order valence-electron chi connectivity index (χ2n) is 5.23. The highest BCUT2D eigenvalue weighted by atomic mass is 32.2. The second kappa shape index (κ2) is 5.82. The van der Waals surface area contributed by atoms with Crippen molar-refractivity contribution in [3.05, 3.63) is 35.9 Å². The maximum absolute atomic E-state index is 11.2. The molecule has 0 aliphatic carbocycles. The van der Waals surface area contributed by atoms with E-state index in [0.29, 0.717) is 6.42 Å². The van der Waals surface area contributed by atoms with Crippen LogP contribution in [0.15, 0.2) is 30.3 Å². The summed E-state index contributed by atoms with van der Waals surface area (Å²) in [6.45, 7) is 4.13. The first kappa shape index (κ1) is 15.1. The van der Waals surface area contributed by atoms with E-state index >= 15 is 0 Å². The van der Waals surface area contributed by atoms with Crippen molar-refractivity contribution in [2.75, 3.05) is 12.0 Å². The lowest BCUT2D eigenvalue weighted by molar-refractivity contribution is 0.336. The van der Waals surface area contributed by atoms with E-state index in [4.69, 9.17) is 5.84 Å². The summed E-state index contributed by atoms with van der Waals surface area (Å²) in [5, 5.41) is 0. The van der Waals surface area contributed by atoms with Crippen LogP contribution in [0.25, 0.3) is 0 Å². The molecule has 0 saturated carbocycles. The van der Waals surface area contributed by atoms with Crippen LogP contribution >= 0.6 is 0 Å². The molecule has 18 heavy (non-hydrogen) atoms. The quantitative estimate of drug-likeness (QED) is 0.602. The fourth-order valence-corrected chi connectivity index (χ4v) is 2.72. The van der Waals surface area contributed by atoms with E-state index in [0.717, 1.165) is 5.56 Å². The van der Waals surface area contributed by atoms with Crippen LogP contribution in [0.2, 0.25) is 0 Å². The van der Waals surface area contributed by atoms with Gasteiger partial charge >= 0.3 is 0 Å². The predicted molar refractivity (Wildman–Crippen MR) is 74.9 cm³/mol. The molecule has 1 unspecified atom stereocenters. The molecule has 1 rings (SSSR count). The summed E-state index contributed by atoms with van der Waals surface area (Å²) in [5.74, 6) is 5.72. The molecular weight excluding hydrogens is 248 g/mol. The molecule has 0 aliphatic heterocycles. The summed E-state index contributed by atoms with van der Waals surface area (Å²) >= 11 is 0. The van der Waals surface area contributed by atoms with Crippen LogP contribution in [0, 0.1) is 0 Å². The molecule has 1 atom stereocenters. The molecule has 0 bridgehead atoms. The van der Waals surface area contributed by atoms with Gasteiger partial charge in [-0.05, 0) is 12.0 Å². The van der Waals surface area contributed by atoms with Crippen molar-refractivity contribution in [2.45, 2.75) is 31.7 Å². The fraction of sp³-hybridized carbons (Fsp3) is 0.538. The lowest BCUT2D eigenvalue weighted by Gasteiger charge is -2.34. The van der Waals surface area contributed by atoms with Gasteiger partial charge in [0.05, 0.1) is 5.75 Å². The Morgan fingerprint density at radius 1 is 1.28 bits per heavy atom. The topological polar surface area (TPSA) is 72.2 Å². The van der Waals surface area contributed by atoms with Gasteiger partial charge in [-0.15, -0.1) is 0 Å². The van der Waals surface area contributed by atoms with E-state index in [1.807, 2.05) is 30.3 Å². The Hall–Kier alpha value is -0.910. The van der Waals surface area contributed by atoms with Gasteiger partial charge in [0.25, 0.3) is 0 Å². The van der Waals surface area contributed by atoms with Gasteiger partial charge in [0.15, 0.2) is 0 Å². The minimum absolute atomic E-state index is 0.0883. The molecule has 1 aromatic carbocycles. The molecule has 5 heteroatoms. The predicted octanol–water partition coefficient (Wildman–Crippen LogP) is 1.23. The van der Waals surface area contributed by atoms with Crippen molar-refractivity contribution < 1.29 is 8.42 Å². The van der Waals surface area contributed by atoms with E-state index in [-0.39, 0.29) is 17.2 Å². The van der Waals surface area contributed by atoms with Crippen molar-refractivity contribution >= 4 is 9.84 Å². The summed E-state index contributed by atoms with van der Waals surface area (Å²) in [6, 6.07) is 9.88. The van der Waals surface area contributed by atoms with Gasteiger partial charge in [-0.1, -0.05) is 44.2 Å². The number of sulfone groups is 1. The largest absolute Gasteiger partial charge is 0.271 e. The molecule has 0 heterocycles. The molecule has 0 amide bonds. The van der Waals surface area contributed by atoms with E-state index in [1.165, 1.54) is 6.26 Å². The molecule has 4 nitrogen and oxygen atoms in total. The number of nitrogens with one attached hydrogen (secondary N) is 1. The van der Waals surface area contributed by atoms with Crippen LogP contribution in [0.1, 0.15) is 25.8 Å². The zero-order valence-corrected chi connectivity index (χ0v) is 12.0. The van der Waals surface area contributed by atoms with E-state index in [9.17, 15) is 8.42 Å². The van der Waals surface area contributed by atoms with Crippen LogP contribution in [-0.4, -0.2) is 26.5 Å². The number of hydrogen-bond donors (Lipinski definition) is 2. The Labute approximate surface area is 109 Å². The third-order valence-corrected chi connectivity index (χ3v) is 4.34. The van der Waals surface area contributed by atoms with Gasteiger partial charge in [0.1, 0.15) is 9.84 Å². The highest BCUT2D eigenvalue weighted by Gasteiger charge is 2.30. The first-order chi connectivity index (χ1) is 8.27. The first-order valence-electron chi connectivity index (χ1n) is 5.97. The average Bonchev–Trinajstić information content (AvgIpc) is 2.29. The molecule has 0 radical (unpaired) electrons. The minimum atomic E-state index is -2.97. The van der Waals surface area contributed by atoms with E-state index in [1.54, 1.807) is 0 Å². The van der Waals surface area contributed by atoms with Crippen molar-refractivity contribution in [3.8, 4) is 0 Å². The first-order valence-corrected chi connectivity index (χ1v) is 8.03. The van der Waals surface area contributed by atoms with Gasteiger partial charge < -0.3 is 0 Å². The Morgan fingerprint density at radius 3 is 2.28 bits per heavy atom. The molecule has 102 valence electrons. The van der Waals surface area contributed by atoms with Gasteiger partial charge in [0.2, 0.25) is 0 Å². The third-order valence-electron chi connectivity index (χ3n) is 3.37. The number of nitrogens with two attached hydrogens (primary N) is 1. The normalized spacial score (nSPS) is 14.4. The molecule has 0 aliphatic rings. The molecule has 0 aromatic heterocycles. The van der Waals surface area contributed by atoms with Crippen molar-refractivity contribution in [3.63, 3.8) is 0 Å². The summed E-state index contributed by atoms with van der Waals surface area (Å²) in [7, 11) is -2.97. The minimum Gasteiger partial charge on any atom is -0.271 e. The number of hydrogen-bond acceptors (Lipinski definition) is 4. The Bertz CT molecular complexity index is 469. The number of hydrazine groups is 1. The highest BCUT2D eigenvalue weighted by Crippen LogP contribution is 2.28. The fourth-order valence-electron chi connectivity index (χ4n) is 2.05. The van der Waals surface area contributed by atoms with Crippen LogP contribution in [0.4, 0.5) is 0 Å². The second-order valence-corrected chi connectivity index (χ2v) is 7.49. The third kappa shape index (κ3) is 4.08. The molecule has 0 fully saturated rings. The maximum atomic E-state index is 11.2. The van der Waals surface area contributed by atoms with Gasteiger partial charge in [-0.25, -0.2) is 8.42 Å². The van der Waals surface area contributed by atoms with Crippen LogP contribution in [-0.2, 0) is 15.3 Å². The van der Waals surface area contributed by atoms with Crippen LogP contribution < -0.4 is 11.3 Å². The van der Waals surface area contributed by atoms with Crippen LogP contribution in [0.5, 0.6) is 0 Å². The average molecular weight is 270 g/mol. The highest BCUT2D eigenvalue weighted by molar-refractivity contribution is 7.90. The van der Waals surface area contributed by atoms with E-state index < -0.39 is 9.84 Å². The lowest BCUT2D eigenvalue weighted by Crippen LogP contribution is -2.49. The Morgan fingerprint density at radius 2 is 1.83 bits per heavy atom. The van der Waals surface area contributed by atoms with E-state index in [2.05, 4.69) is 19.3 Å². The zero-order chi connectivity index (χ0) is 13.8. The van der Waals surface area contributed by atoms with Crippen molar-refractivity contribution in [1.29, 1.82) is 0 Å². The standard InChI is InChI=1S/C13H22N2O2S/c1-13(2,11-7-5-4-6-8-11)12(15-14)9-10-18(3,16)17/h4-8,12,15H,9-10,14H2,1-3H3. The van der Waals surface area contributed by atoms with Crippen molar-refractivity contribution in [1.82, 2.24) is 5.43 Å². The monoisotopic (exact) mass is 270 g/mol. The summed E-state index contributed by atoms with van der Waals surface area (Å²) in [5.41, 5.74) is 3.67. The molecule has 0 spiro atoms. The Kier molecular flexibility index (Phi) is 4.90. The SMILES string of the molecule is CC(C)(c1ccccc1)C(CCS(C)(=O)=O)NN. The molecule has 1 aromatic rings.